The summed E-state index contributed by atoms with van der Waals surface area (Å²) in [6, 6.07) is -0.294. The summed E-state index contributed by atoms with van der Waals surface area (Å²) in [5.41, 5.74) is 5.67. The van der Waals surface area contributed by atoms with Gasteiger partial charge in [-0.25, -0.2) is 0 Å². The van der Waals surface area contributed by atoms with Crippen molar-refractivity contribution in [2.45, 2.75) is 69.7 Å². The van der Waals surface area contributed by atoms with Gasteiger partial charge >= 0.3 is 6.18 Å². The Morgan fingerprint density at radius 1 is 1.33 bits per heavy atom. The third kappa shape index (κ3) is 4.43. The molecular weight excluding hydrogens is 243 g/mol. The van der Waals surface area contributed by atoms with E-state index in [1.807, 2.05) is 0 Å². The molecular formula is C13H24F3NO. The lowest BCUT2D eigenvalue weighted by molar-refractivity contribution is -0.137. The molecule has 1 saturated carbocycles. The maximum Gasteiger partial charge on any atom is 0.389 e. The molecule has 1 rings (SSSR count). The summed E-state index contributed by atoms with van der Waals surface area (Å²) < 4.78 is 41.9. The molecule has 1 unspecified atom stereocenters. The predicted molar refractivity (Wildman–Crippen MR) is 65.3 cm³/mol. The molecule has 0 aromatic carbocycles. The van der Waals surface area contributed by atoms with Gasteiger partial charge in [0.05, 0.1) is 5.60 Å². The second-order valence-electron chi connectivity index (χ2n) is 5.57. The van der Waals surface area contributed by atoms with E-state index < -0.39 is 18.2 Å². The Balaban J connectivity index is 2.44. The first kappa shape index (κ1) is 15.8. The first-order valence-corrected chi connectivity index (χ1v) is 6.66. The van der Waals surface area contributed by atoms with E-state index in [1.165, 1.54) is 0 Å². The molecule has 1 fully saturated rings. The Morgan fingerprint density at radius 3 is 2.33 bits per heavy atom. The first-order chi connectivity index (χ1) is 8.29. The molecule has 0 spiro atoms. The summed E-state index contributed by atoms with van der Waals surface area (Å²) in [6.07, 6.45) is -0.567. The minimum atomic E-state index is -4.08. The molecule has 1 aliphatic carbocycles. The minimum absolute atomic E-state index is 0.0886. The van der Waals surface area contributed by atoms with Crippen molar-refractivity contribution in [3.05, 3.63) is 0 Å². The van der Waals surface area contributed by atoms with Crippen molar-refractivity contribution in [2.24, 2.45) is 11.7 Å². The molecule has 1 aliphatic rings. The third-order valence-corrected chi connectivity index (χ3v) is 4.18. The third-order valence-electron chi connectivity index (χ3n) is 4.18. The Hall–Kier alpha value is -0.290. The molecule has 0 heterocycles. The van der Waals surface area contributed by atoms with Gasteiger partial charge in [-0.3, -0.25) is 0 Å². The lowest BCUT2D eigenvalue weighted by atomic mass is 9.74. The standard InChI is InChI=1S/C13H24F3NO/c1-10-5-8-12(18-2,9-6-10)11(17)4-3-7-13(14,15)16/h10-11H,3-9,17H2,1-2H3. The predicted octanol–water partition coefficient (Wildman–Crippen LogP) is 3.64. The smallest absolute Gasteiger partial charge is 0.377 e. The van der Waals surface area contributed by atoms with E-state index in [2.05, 4.69) is 6.92 Å². The largest absolute Gasteiger partial charge is 0.389 e. The fourth-order valence-electron chi connectivity index (χ4n) is 2.76. The molecule has 0 aromatic rings. The summed E-state index contributed by atoms with van der Waals surface area (Å²) in [6.45, 7) is 2.19. The van der Waals surface area contributed by atoms with Crippen LogP contribution in [-0.4, -0.2) is 24.9 Å². The maximum absolute atomic E-state index is 12.1. The van der Waals surface area contributed by atoms with E-state index in [1.54, 1.807) is 7.11 Å². The number of rotatable bonds is 5. The van der Waals surface area contributed by atoms with Crippen molar-refractivity contribution in [3.8, 4) is 0 Å². The highest BCUT2D eigenvalue weighted by Gasteiger charge is 2.39. The highest BCUT2D eigenvalue weighted by Crippen LogP contribution is 2.37. The van der Waals surface area contributed by atoms with Crippen LogP contribution in [0.25, 0.3) is 0 Å². The molecule has 0 amide bonds. The lowest BCUT2D eigenvalue weighted by Gasteiger charge is -2.42. The quantitative estimate of drug-likeness (QED) is 0.825. The second-order valence-corrected chi connectivity index (χ2v) is 5.57. The Bertz CT molecular complexity index is 247. The normalized spacial score (nSPS) is 31.3. The van der Waals surface area contributed by atoms with Gasteiger partial charge in [0.25, 0.3) is 0 Å². The molecule has 5 heteroatoms. The van der Waals surface area contributed by atoms with E-state index in [0.717, 1.165) is 25.7 Å². The van der Waals surface area contributed by atoms with Crippen molar-refractivity contribution in [3.63, 3.8) is 0 Å². The molecule has 2 N–H and O–H groups in total. The molecule has 0 radical (unpaired) electrons. The van der Waals surface area contributed by atoms with E-state index in [0.29, 0.717) is 12.3 Å². The van der Waals surface area contributed by atoms with Gasteiger partial charge in [-0.1, -0.05) is 6.92 Å². The zero-order chi connectivity index (χ0) is 13.8. The van der Waals surface area contributed by atoms with Gasteiger partial charge in [-0.15, -0.1) is 0 Å². The second kappa shape index (κ2) is 6.24. The van der Waals surface area contributed by atoms with E-state index in [4.69, 9.17) is 10.5 Å². The number of halogens is 3. The molecule has 0 aromatic heterocycles. The fourth-order valence-corrected chi connectivity index (χ4v) is 2.76. The number of nitrogens with two attached hydrogens (primary N) is 1. The highest BCUT2D eigenvalue weighted by molar-refractivity contribution is 4.94. The van der Waals surface area contributed by atoms with Gasteiger partial charge in [0.15, 0.2) is 0 Å². The Kier molecular flexibility index (Phi) is 5.46. The number of hydrogen-bond donors (Lipinski definition) is 1. The fraction of sp³-hybridized carbons (Fsp3) is 1.00. The number of methoxy groups -OCH3 is 1. The van der Waals surface area contributed by atoms with Crippen LogP contribution in [-0.2, 0) is 4.74 Å². The summed E-state index contributed by atoms with van der Waals surface area (Å²) in [7, 11) is 1.62. The monoisotopic (exact) mass is 267 g/mol. The summed E-state index contributed by atoms with van der Waals surface area (Å²) in [4.78, 5) is 0. The molecule has 18 heavy (non-hydrogen) atoms. The molecule has 0 bridgehead atoms. The number of hydrogen-bond acceptors (Lipinski definition) is 2. The Labute approximate surface area is 107 Å². The van der Waals surface area contributed by atoms with E-state index >= 15 is 0 Å². The Morgan fingerprint density at radius 2 is 1.89 bits per heavy atom. The van der Waals surface area contributed by atoms with Gasteiger partial charge in [0.1, 0.15) is 0 Å². The average molecular weight is 267 g/mol. The minimum Gasteiger partial charge on any atom is -0.377 e. The van der Waals surface area contributed by atoms with Crippen LogP contribution < -0.4 is 5.73 Å². The molecule has 1 atom stereocenters. The van der Waals surface area contributed by atoms with E-state index in [9.17, 15) is 13.2 Å². The summed E-state index contributed by atoms with van der Waals surface area (Å²) in [5.74, 6) is 0.663. The topological polar surface area (TPSA) is 35.2 Å². The van der Waals surface area contributed by atoms with Crippen LogP contribution in [0.3, 0.4) is 0 Å². The van der Waals surface area contributed by atoms with Gasteiger partial charge in [-0.2, -0.15) is 13.2 Å². The van der Waals surface area contributed by atoms with Gasteiger partial charge in [-0.05, 0) is 44.4 Å². The summed E-state index contributed by atoms with van der Waals surface area (Å²) >= 11 is 0. The number of alkyl halides is 3. The van der Waals surface area contributed by atoms with Crippen molar-refractivity contribution in [1.82, 2.24) is 0 Å². The lowest BCUT2D eigenvalue weighted by Crippen LogP contribution is -2.51. The van der Waals surface area contributed by atoms with Crippen molar-refractivity contribution in [1.29, 1.82) is 0 Å². The van der Waals surface area contributed by atoms with Crippen LogP contribution in [0, 0.1) is 5.92 Å². The van der Waals surface area contributed by atoms with Crippen LogP contribution in [0.15, 0.2) is 0 Å². The molecule has 0 saturated heterocycles. The maximum atomic E-state index is 12.1. The van der Waals surface area contributed by atoms with E-state index in [-0.39, 0.29) is 12.5 Å². The van der Waals surface area contributed by atoms with Crippen molar-refractivity contribution < 1.29 is 17.9 Å². The van der Waals surface area contributed by atoms with Gasteiger partial charge in [0.2, 0.25) is 0 Å². The zero-order valence-electron chi connectivity index (χ0n) is 11.2. The van der Waals surface area contributed by atoms with Crippen LogP contribution >= 0.6 is 0 Å². The summed E-state index contributed by atoms with van der Waals surface area (Å²) in [5, 5.41) is 0. The average Bonchev–Trinajstić information content (AvgIpc) is 2.28. The van der Waals surface area contributed by atoms with Gasteiger partial charge < -0.3 is 10.5 Å². The SMILES string of the molecule is COC1(C(N)CCCC(F)(F)F)CCC(C)CC1. The highest BCUT2D eigenvalue weighted by atomic mass is 19.4. The van der Waals surface area contributed by atoms with Crippen molar-refractivity contribution in [2.75, 3.05) is 7.11 Å². The number of ether oxygens (including phenoxy) is 1. The molecule has 108 valence electrons. The van der Waals surface area contributed by atoms with Crippen molar-refractivity contribution >= 4 is 0 Å². The van der Waals surface area contributed by atoms with Crippen LogP contribution in [0.1, 0.15) is 51.9 Å². The van der Waals surface area contributed by atoms with Crippen LogP contribution in [0.4, 0.5) is 13.2 Å². The first-order valence-electron chi connectivity index (χ1n) is 6.66. The zero-order valence-corrected chi connectivity index (χ0v) is 11.2. The molecule has 2 nitrogen and oxygen atoms in total. The van der Waals surface area contributed by atoms with Gasteiger partial charge in [0, 0.05) is 19.6 Å². The van der Waals surface area contributed by atoms with Crippen LogP contribution in [0.5, 0.6) is 0 Å². The van der Waals surface area contributed by atoms with Crippen LogP contribution in [0.2, 0.25) is 0 Å². The molecule has 0 aliphatic heterocycles.